The van der Waals surface area contributed by atoms with Crippen molar-refractivity contribution in [3.05, 3.63) is 16.1 Å². The van der Waals surface area contributed by atoms with Crippen molar-refractivity contribution in [1.82, 2.24) is 10.3 Å². The third kappa shape index (κ3) is 4.03. The minimum atomic E-state index is 0.476. The number of hydrogen-bond donors (Lipinski definition) is 1. The summed E-state index contributed by atoms with van der Waals surface area (Å²) in [4.78, 5) is 4.81. The van der Waals surface area contributed by atoms with Crippen molar-refractivity contribution < 1.29 is 0 Å². The van der Waals surface area contributed by atoms with E-state index >= 15 is 0 Å². The summed E-state index contributed by atoms with van der Waals surface area (Å²) in [7, 11) is 0. The van der Waals surface area contributed by atoms with Gasteiger partial charge in [0.05, 0.1) is 10.7 Å². The highest BCUT2D eigenvalue weighted by molar-refractivity contribution is 7.09. The lowest BCUT2D eigenvalue weighted by Crippen LogP contribution is -2.25. The van der Waals surface area contributed by atoms with E-state index in [0.717, 1.165) is 24.9 Å². The maximum atomic E-state index is 4.81. The Morgan fingerprint density at radius 3 is 2.53 bits per heavy atom. The summed E-state index contributed by atoms with van der Waals surface area (Å²) in [6.07, 6.45) is 5.40. The molecule has 0 saturated heterocycles. The van der Waals surface area contributed by atoms with E-state index in [1.165, 1.54) is 36.4 Å². The lowest BCUT2D eigenvalue weighted by molar-refractivity contribution is 0.169. The summed E-state index contributed by atoms with van der Waals surface area (Å²) in [5, 5.41) is 6.96. The van der Waals surface area contributed by atoms with Crippen LogP contribution in [0, 0.1) is 11.3 Å². The molecule has 108 valence electrons. The summed E-state index contributed by atoms with van der Waals surface area (Å²) in [5.74, 6) is 1.61. The smallest absolute Gasteiger partial charge is 0.0959 e. The number of nitrogens with zero attached hydrogens (tertiary/aromatic N) is 1. The van der Waals surface area contributed by atoms with Crippen LogP contribution in [-0.4, -0.2) is 11.5 Å². The average Bonchev–Trinajstić information content (AvgIpc) is 2.84. The Morgan fingerprint density at radius 2 is 1.95 bits per heavy atom. The van der Waals surface area contributed by atoms with Crippen molar-refractivity contribution in [3.8, 4) is 0 Å². The summed E-state index contributed by atoms with van der Waals surface area (Å²) in [5.41, 5.74) is 1.70. The highest BCUT2D eigenvalue weighted by Gasteiger charge is 2.31. The highest BCUT2D eigenvalue weighted by Crippen LogP contribution is 2.43. The normalized spacial score (nSPS) is 24.6. The number of thiazole rings is 1. The quantitative estimate of drug-likeness (QED) is 0.873. The first-order valence-electron chi connectivity index (χ1n) is 7.65. The van der Waals surface area contributed by atoms with Gasteiger partial charge in [0.1, 0.15) is 0 Å². The summed E-state index contributed by atoms with van der Waals surface area (Å²) in [6.45, 7) is 11.2. The van der Waals surface area contributed by atoms with Crippen LogP contribution in [0.25, 0.3) is 0 Å². The van der Waals surface area contributed by atoms with Crippen LogP contribution in [0.15, 0.2) is 5.38 Å². The van der Waals surface area contributed by atoms with Crippen LogP contribution < -0.4 is 5.32 Å². The van der Waals surface area contributed by atoms with Crippen molar-refractivity contribution >= 4 is 11.3 Å². The van der Waals surface area contributed by atoms with E-state index < -0.39 is 0 Å². The molecule has 0 radical (unpaired) electrons. The number of hydrogen-bond acceptors (Lipinski definition) is 3. The van der Waals surface area contributed by atoms with Gasteiger partial charge in [-0.15, -0.1) is 11.3 Å². The van der Waals surface area contributed by atoms with Gasteiger partial charge in [-0.2, -0.15) is 0 Å². The Kier molecular flexibility index (Phi) is 5.02. The first-order chi connectivity index (χ1) is 9.00. The zero-order valence-corrected chi connectivity index (χ0v) is 13.6. The average molecular weight is 280 g/mol. The molecule has 0 bridgehead atoms. The maximum Gasteiger partial charge on any atom is 0.0959 e. The molecule has 2 rings (SSSR count). The second-order valence-electron chi connectivity index (χ2n) is 6.87. The minimum absolute atomic E-state index is 0.476. The molecule has 1 aromatic heterocycles. The minimum Gasteiger partial charge on any atom is -0.311 e. The van der Waals surface area contributed by atoms with E-state index in [2.05, 4.69) is 38.4 Å². The molecular weight excluding hydrogens is 252 g/mol. The fourth-order valence-corrected chi connectivity index (χ4v) is 4.04. The van der Waals surface area contributed by atoms with Gasteiger partial charge in [-0.25, -0.2) is 4.98 Å². The molecule has 1 saturated carbocycles. The van der Waals surface area contributed by atoms with Gasteiger partial charge in [0.25, 0.3) is 0 Å². The Bertz CT molecular complexity index is 384. The van der Waals surface area contributed by atoms with Gasteiger partial charge in [0, 0.05) is 17.8 Å². The van der Waals surface area contributed by atoms with Crippen molar-refractivity contribution in [2.45, 2.75) is 65.8 Å². The van der Waals surface area contributed by atoms with Crippen LogP contribution in [0.2, 0.25) is 0 Å². The number of aromatic nitrogens is 1. The second-order valence-corrected chi connectivity index (χ2v) is 7.76. The molecule has 0 unspecified atom stereocenters. The Hall–Kier alpha value is -0.410. The van der Waals surface area contributed by atoms with Crippen LogP contribution in [0.5, 0.6) is 0 Å². The van der Waals surface area contributed by atoms with Crippen LogP contribution >= 0.6 is 11.3 Å². The molecular formula is C16H28N2S. The lowest BCUT2D eigenvalue weighted by Gasteiger charge is -2.36. The van der Waals surface area contributed by atoms with E-state index in [9.17, 15) is 0 Å². The van der Waals surface area contributed by atoms with Crippen LogP contribution in [-0.2, 0) is 6.54 Å². The molecule has 0 aliphatic heterocycles. The highest BCUT2D eigenvalue weighted by atomic mass is 32.1. The molecule has 1 aromatic rings. The van der Waals surface area contributed by atoms with E-state index in [-0.39, 0.29) is 0 Å². The van der Waals surface area contributed by atoms with E-state index in [1.54, 1.807) is 0 Å². The third-order valence-electron chi connectivity index (χ3n) is 4.43. The topological polar surface area (TPSA) is 24.9 Å². The van der Waals surface area contributed by atoms with Crippen LogP contribution in [0.4, 0.5) is 0 Å². The zero-order chi connectivity index (χ0) is 13.9. The predicted molar refractivity (Wildman–Crippen MR) is 83.6 cm³/mol. The van der Waals surface area contributed by atoms with Crippen LogP contribution in [0.3, 0.4) is 0 Å². The van der Waals surface area contributed by atoms with Gasteiger partial charge in [0.15, 0.2) is 0 Å². The zero-order valence-electron chi connectivity index (χ0n) is 12.8. The first-order valence-corrected chi connectivity index (χ1v) is 8.53. The summed E-state index contributed by atoms with van der Waals surface area (Å²) < 4.78 is 0. The van der Waals surface area contributed by atoms with Crippen molar-refractivity contribution in [2.24, 2.45) is 11.3 Å². The largest absolute Gasteiger partial charge is 0.311 e. The fourth-order valence-electron chi connectivity index (χ4n) is 3.05. The molecule has 1 fully saturated rings. The Labute approximate surface area is 122 Å². The van der Waals surface area contributed by atoms with Gasteiger partial charge >= 0.3 is 0 Å². The molecule has 0 aromatic carbocycles. The van der Waals surface area contributed by atoms with Crippen molar-refractivity contribution in [1.29, 1.82) is 0 Å². The number of nitrogens with one attached hydrogen (secondary N) is 1. The van der Waals surface area contributed by atoms with Gasteiger partial charge in [0.2, 0.25) is 0 Å². The molecule has 0 spiro atoms. The molecule has 0 atom stereocenters. The van der Waals surface area contributed by atoms with E-state index in [0.29, 0.717) is 5.41 Å². The molecule has 1 aliphatic carbocycles. The monoisotopic (exact) mass is 280 g/mol. The Morgan fingerprint density at radius 1 is 1.26 bits per heavy atom. The molecule has 2 nitrogen and oxygen atoms in total. The molecule has 1 N–H and O–H groups in total. The Balaban J connectivity index is 1.89. The molecule has 0 amide bonds. The van der Waals surface area contributed by atoms with Gasteiger partial charge in [-0.3, -0.25) is 0 Å². The molecule has 3 heteroatoms. The molecule has 19 heavy (non-hydrogen) atoms. The van der Waals surface area contributed by atoms with Gasteiger partial charge in [-0.05, 0) is 43.6 Å². The third-order valence-corrected chi connectivity index (χ3v) is 5.48. The fraction of sp³-hybridized carbons (Fsp3) is 0.812. The summed E-state index contributed by atoms with van der Waals surface area (Å²) in [6, 6.07) is 0. The van der Waals surface area contributed by atoms with E-state index in [1.807, 2.05) is 11.3 Å². The lowest BCUT2D eigenvalue weighted by atomic mass is 9.70. The number of rotatable bonds is 4. The first kappa shape index (κ1) is 15.0. The standard InChI is InChI=1S/C16H28N2S/c1-5-17-10-14-11-19-15(18-14)12-6-8-13(9-7-12)16(2,3)4/h11-13,17H,5-10H2,1-4H3. The second kappa shape index (κ2) is 6.36. The van der Waals surface area contributed by atoms with Gasteiger partial charge < -0.3 is 5.32 Å². The van der Waals surface area contributed by atoms with E-state index in [4.69, 9.17) is 4.98 Å². The predicted octanol–water partition coefficient (Wildman–Crippen LogP) is 4.57. The van der Waals surface area contributed by atoms with Crippen molar-refractivity contribution in [3.63, 3.8) is 0 Å². The van der Waals surface area contributed by atoms with Crippen LogP contribution in [0.1, 0.15) is 70.0 Å². The maximum absolute atomic E-state index is 4.81. The van der Waals surface area contributed by atoms with Crippen molar-refractivity contribution in [2.75, 3.05) is 6.54 Å². The summed E-state index contributed by atoms with van der Waals surface area (Å²) >= 11 is 1.86. The molecule has 1 heterocycles. The SMILES string of the molecule is CCNCc1csc(C2CCC(C(C)(C)C)CC2)n1. The molecule has 1 aliphatic rings. The van der Waals surface area contributed by atoms with Gasteiger partial charge in [-0.1, -0.05) is 27.7 Å².